The molecule has 1 aliphatic carbocycles. The van der Waals surface area contributed by atoms with E-state index in [-0.39, 0.29) is 24.8 Å². The predicted octanol–water partition coefficient (Wildman–Crippen LogP) is -3.72. The van der Waals surface area contributed by atoms with Crippen molar-refractivity contribution >= 4 is 6.08 Å². The third kappa shape index (κ3) is 2.85. The number of fused-ring (bicyclic) bond motifs is 1. The van der Waals surface area contributed by atoms with E-state index in [4.69, 9.17) is 3.32 Å². The first-order chi connectivity index (χ1) is 5.92. The first kappa shape index (κ1) is 14.2. The van der Waals surface area contributed by atoms with Gasteiger partial charge in [0.2, 0.25) is 0 Å². The summed E-state index contributed by atoms with van der Waals surface area (Å²) in [7, 11) is 0. The normalized spacial score (nSPS) is 16.9. The molecule has 0 spiro atoms. The maximum absolute atomic E-state index is 5.13. The first-order valence-electron chi connectivity index (χ1n) is 3.97. The van der Waals surface area contributed by atoms with Crippen LogP contribution in [0, 0.1) is 0 Å². The zero-order valence-corrected chi connectivity index (χ0v) is 10.5. The average molecular weight is 264 g/mol. The maximum atomic E-state index is 5.13. The summed E-state index contributed by atoms with van der Waals surface area (Å²) in [4.78, 5) is 0. The van der Waals surface area contributed by atoms with Gasteiger partial charge in [0.15, 0.2) is 0 Å². The molecule has 0 fully saturated rings. The van der Waals surface area contributed by atoms with E-state index in [0.717, 1.165) is 6.61 Å². The summed E-state index contributed by atoms with van der Waals surface area (Å²) < 4.78 is 5.13. The van der Waals surface area contributed by atoms with Crippen LogP contribution < -0.4 is 24.8 Å². The van der Waals surface area contributed by atoms with Gasteiger partial charge >= 0.3 is 84.2 Å². The van der Waals surface area contributed by atoms with Crippen LogP contribution in [0.4, 0.5) is 0 Å². The van der Waals surface area contributed by atoms with Crippen molar-refractivity contribution in [2.75, 3.05) is 6.61 Å². The van der Waals surface area contributed by atoms with Crippen molar-refractivity contribution in [3.05, 3.63) is 41.5 Å². The predicted molar refractivity (Wildman–Crippen MR) is 44.2 cm³/mol. The topological polar surface area (TPSA) is 9.23 Å². The Morgan fingerprint density at radius 3 is 2.64 bits per heavy atom. The fourth-order valence-electron chi connectivity index (χ4n) is 1.56. The number of hydrogen-bond acceptors (Lipinski definition) is 1. The number of benzene rings is 1. The molecular formula is C10H9Cl2OTi. The second-order valence-corrected chi connectivity index (χ2v) is 3.36. The van der Waals surface area contributed by atoms with Crippen LogP contribution in [0.2, 0.25) is 0 Å². The van der Waals surface area contributed by atoms with Crippen molar-refractivity contribution in [3.8, 4) is 0 Å². The molecule has 0 bridgehead atoms. The van der Waals surface area contributed by atoms with Gasteiger partial charge in [0.05, 0.1) is 0 Å². The Balaban J connectivity index is 0.000000845. The van der Waals surface area contributed by atoms with E-state index in [1.54, 1.807) is 20.8 Å². The first-order valence-corrected chi connectivity index (χ1v) is 4.61. The van der Waals surface area contributed by atoms with E-state index >= 15 is 0 Å². The fourth-order valence-corrected chi connectivity index (χ4v) is 1.84. The molecule has 1 aromatic rings. The van der Waals surface area contributed by atoms with Crippen molar-refractivity contribution in [1.29, 1.82) is 0 Å². The minimum absolute atomic E-state index is 0. The van der Waals surface area contributed by atoms with Crippen LogP contribution in [-0.2, 0) is 24.1 Å². The summed E-state index contributed by atoms with van der Waals surface area (Å²) in [5, 5.41) is 0. The molecule has 0 radical (unpaired) electrons. The van der Waals surface area contributed by atoms with Gasteiger partial charge < -0.3 is 24.8 Å². The molecule has 0 aliphatic heterocycles. The zero-order chi connectivity index (χ0) is 8.39. The van der Waals surface area contributed by atoms with Gasteiger partial charge in [0.1, 0.15) is 0 Å². The molecule has 1 nitrogen and oxygen atoms in total. The third-order valence-corrected chi connectivity index (χ3v) is 2.43. The van der Waals surface area contributed by atoms with Gasteiger partial charge in [-0.3, -0.25) is 0 Å². The molecule has 0 saturated carbocycles. The Bertz CT molecular complexity index is 315. The van der Waals surface area contributed by atoms with Crippen LogP contribution in [-0.4, -0.2) is 6.61 Å². The van der Waals surface area contributed by atoms with Gasteiger partial charge in [-0.25, -0.2) is 0 Å². The Kier molecular flexibility index (Phi) is 6.75. The molecule has 0 N–H and O–H groups in total. The minimum atomic E-state index is 0. The Hall–Kier alpha value is 0.214. The van der Waals surface area contributed by atoms with Crippen LogP contribution in [0.1, 0.15) is 17.0 Å². The van der Waals surface area contributed by atoms with Crippen molar-refractivity contribution in [2.24, 2.45) is 0 Å². The average Bonchev–Trinajstić information content (AvgIpc) is 2.50. The quantitative estimate of drug-likeness (QED) is 0.499. The molecule has 2 rings (SSSR count). The molecular weight excluding hydrogens is 255 g/mol. The third-order valence-electron chi connectivity index (χ3n) is 2.17. The molecule has 1 atom stereocenters. The molecule has 0 heterocycles. The summed E-state index contributed by atoms with van der Waals surface area (Å²) >= 11 is 1.74. The van der Waals surface area contributed by atoms with E-state index in [1.165, 1.54) is 11.1 Å². The van der Waals surface area contributed by atoms with Gasteiger partial charge in [-0.15, -0.1) is 0 Å². The van der Waals surface area contributed by atoms with Crippen molar-refractivity contribution in [1.82, 2.24) is 0 Å². The second-order valence-electron chi connectivity index (χ2n) is 2.91. The fraction of sp³-hybridized carbons (Fsp3) is 0.200. The monoisotopic (exact) mass is 263 g/mol. The van der Waals surface area contributed by atoms with Crippen LogP contribution in [0.15, 0.2) is 30.3 Å². The molecule has 14 heavy (non-hydrogen) atoms. The van der Waals surface area contributed by atoms with Crippen molar-refractivity contribution < 1.29 is 49.0 Å². The van der Waals surface area contributed by atoms with Crippen molar-refractivity contribution in [3.63, 3.8) is 0 Å². The van der Waals surface area contributed by atoms with Gasteiger partial charge in [-0.2, -0.15) is 0 Å². The van der Waals surface area contributed by atoms with E-state index in [1.807, 2.05) is 0 Å². The zero-order valence-electron chi connectivity index (χ0n) is 7.41. The van der Waals surface area contributed by atoms with Crippen LogP contribution in [0.25, 0.3) is 6.08 Å². The van der Waals surface area contributed by atoms with Crippen LogP contribution >= 0.6 is 0 Å². The van der Waals surface area contributed by atoms with Gasteiger partial charge in [-0.1, -0.05) is 0 Å². The van der Waals surface area contributed by atoms with Gasteiger partial charge in [-0.05, 0) is 0 Å². The number of rotatable bonds is 2. The summed E-state index contributed by atoms with van der Waals surface area (Å²) in [5.74, 6) is 0.464. The molecule has 0 amide bonds. The standard InChI is InChI=1S/C10H9O.2ClH.Ti/c11-7-9-6-5-8-3-1-2-4-10(8)9;;;/h1-6,9H,7H2;2*1H;/q-1;;;+3/p-2. The van der Waals surface area contributed by atoms with E-state index in [0.29, 0.717) is 5.92 Å². The molecule has 73 valence electrons. The van der Waals surface area contributed by atoms with Gasteiger partial charge in [0, 0.05) is 0 Å². The van der Waals surface area contributed by atoms with E-state index in [2.05, 4.69) is 36.4 Å². The summed E-state index contributed by atoms with van der Waals surface area (Å²) in [5.41, 5.74) is 2.72. The molecule has 1 unspecified atom stereocenters. The summed E-state index contributed by atoms with van der Waals surface area (Å²) in [6.45, 7) is 0.785. The number of halogens is 2. The summed E-state index contributed by atoms with van der Waals surface area (Å²) in [6, 6.07) is 8.45. The van der Waals surface area contributed by atoms with Crippen LogP contribution in [0.3, 0.4) is 0 Å². The van der Waals surface area contributed by atoms with E-state index < -0.39 is 0 Å². The number of hydrogen-bond donors (Lipinski definition) is 0. The molecule has 0 saturated heterocycles. The second kappa shape index (κ2) is 6.65. The van der Waals surface area contributed by atoms with E-state index in [9.17, 15) is 0 Å². The molecule has 1 aliphatic rings. The molecule has 1 aromatic carbocycles. The van der Waals surface area contributed by atoms with Crippen molar-refractivity contribution in [2.45, 2.75) is 5.92 Å². The Morgan fingerprint density at radius 1 is 1.21 bits per heavy atom. The van der Waals surface area contributed by atoms with Gasteiger partial charge in [0.25, 0.3) is 0 Å². The molecule has 4 heteroatoms. The Labute approximate surface area is 109 Å². The molecule has 0 aromatic heterocycles. The SMILES string of the molecule is [Cl-].[Cl-].[Ti+2][O]CC1C=Cc2ccccc21. The Morgan fingerprint density at radius 2 is 1.93 bits per heavy atom. The summed E-state index contributed by atoms with van der Waals surface area (Å²) in [6.07, 6.45) is 4.37. The van der Waals surface area contributed by atoms with Crippen LogP contribution in [0.5, 0.6) is 0 Å².